The number of thiophene rings is 1. The zero-order chi connectivity index (χ0) is 17.6. The topological polar surface area (TPSA) is 50.8 Å². The molecule has 0 fully saturated rings. The number of amides is 1. The van der Waals surface area contributed by atoms with E-state index in [1.54, 1.807) is 11.3 Å². The zero-order valence-electron chi connectivity index (χ0n) is 14.7. The average Bonchev–Trinajstić information content (AvgIpc) is 3.15. The average molecular weight is 360 g/mol. The molecule has 134 valence electrons. The number of nitrogens with zero attached hydrogens (tertiary/aromatic N) is 1. The molecule has 0 aliphatic carbocycles. The van der Waals surface area contributed by atoms with E-state index in [0.717, 1.165) is 23.5 Å². The van der Waals surface area contributed by atoms with Gasteiger partial charge >= 0.3 is 0 Å². The predicted octanol–water partition coefficient (Wildman–Crippen LogP) is 2.87. The van der Waals surface area contributed by atoms with Gasteiger partial charge in [-0.05, 0) is 49.5 Å². The van der Waals surface area contributed by atoms with Crippen LogP contribution in [0, 0.1) is 0 Å². The first-order valence-corrected chi connectivity index (χ1v) is 9.40. The van der Waals surface area contributed by atoms with E-state index >= 15 is 0 Å². The van der Waals surface area contributed by atoms with Crippen LogP contribution in [0.4, 0.5) is 0 Å². The Labute approximate surface area is 152 Å². The molecule has 1 amide bonds. The molecule has 1 atom stereocenters. The van der Waals surface area contributed by atoms with E-state index in [4.69, 9.17) is 9.47 Å². The highest BCUT2D eigenvalue weighted by molar-refractivity contribution is 7.10. The summed E-state index contributed by atoms with van der Waals surface area (Å²) in [6.45, 7) is 4.30. The van der Waals surface area contributed by atoms with Gasteiger partial charge in [0.1, 0.15) is 13.2 Å². The van der Waals surface area contributed by atoms with Crippen molar-refractivity contribution in [3.8, 4) is 11.5 Å². The highest BCUT2D eigenvalue weighted by atomic mass is 32.1. The Kier molecular flexibility index (Phi) is 5.94. The van der Waals surface area contributed by atoms with Crippen molar-refractivity contribution < 1.29 is 14.3 Å². The van der Waals surface area contributed by atoms with Crippen molar-refractivity contribution in [3.63, 3.8) is 0 Å². The van der Waals surface area contributed by atoms with Gasteiger partial charge in [-0.25, -0.2) is 0 Å². The van der Waals surface area contributed by atoms with Crippen molar-refractivity contribution in [3.05, 3.63) is 46.2 Å². The fourth-order valence-corrected chi connectivity index (χ4v) is 3.60. The molecule has 0 bridgehead atoms. The minimum Gasteiger partial charge on any atom is -0.486 e. The van der Waals surface area contributed by atoms with Gasteiger partial charge in [0.15, 0.2) is 11.5 Å². The predicted molar refractivity (Wildman–Crippen MR) is 99.5 cm³/mol. The second-order valence-electron chi connectivity index (χ2n) is 6.18. The van der Waals surface area contributed by atoms with E-state index in [2.05, 4.69) is 28.6 Å². The lowest BCUT2D eigenvalue weighted by molar-refractivity contribution is -0.122. The fourth-order valence-electron chi connectivity index (χ4n) is 2.76. The van der Waals surface area contributed by atoms with Crippen molar-refractivity contribution in [2.24, 2.45) is 0 Å². The maximum atomic E-state index is 12.2. The molecule has 1 N–H and O–H groups in total. The SMILES string of the molecule is CC(c1cccs1)N(C)CC(=O)NCCc1ccc2c(c1)OCCO2. The normalized spacial score (nSPS) is 14.4. The van der Waals surface area contributed by atoms with Crippen LogP contribution in [0.3, 0.4) is 0 Å². The van der Waals surface area contributed by atoms with Crippen molar-refractivity contribution >= 4 is 17.2 Å². The molecule has 0 saturated heterocycles. The molecule has 0 saturated carbocycles. The van der Waals surface area contributed by atoms with Gasteiger partial charge in [-0.15, -0.1) is 11.3 Å². The Balaban J connectivity index is 1.43. The summed E-state index contributed by atoms with van der Waals surface area (Å²) < 4.78 is 11.1. The van der Waals surface area contributed by atoms with Gasteiger partial charge in [-0.1, -0.05) is 12.1 Å². The quantitative estimate of drug-likeness (QED) is 0.825. The van der Waals surface area contributed by atoms with Crippen LogP contribution in [0.15, 0.2) is 35.7 Å². The molecular formula is C19H24N2O3S. The summed E-state index contributed by atoms with van der Waals surface area (Å²) in [5, 5.41) is 5.06. The highest BCUT2D eigenvalue weighted by Crippen LogP contribution is 2.30. The lowest BCUT2D eigenvalue weighted by atomic mass is 10.1. The lowest BCUT2D eigenvalue weighted by Gasteiger charge is -2.23. The molecule has 0 radical (unpaired) electrons. The summed E-state index contributed by atoms with van der Waals surface area (Å²) in [4.78, 5) is 15.5. The number of fused-ring (bicyclic) bond motifs is 1. The van der Waals surface area contributed by atoms with Crippen LogP contribution in [0.25, 0.3) is 0 Å². The third-order valence-electron chi connectivity index (χ3n) is 4.35. The first-order valence-electron chi connectivity index (χ1n) is 8.52. The molecule has 1 aromatic heterocycles. The monoisotopic (exact) mass is 360 g/mol. The minimum atomic E-state index is 0.0449. The van der Waals surface area contributed by atoms with E-state index < -0.39 is 0 Å². The van der Waals surface area contributed by atoms with Crippen molar-refractivity contribution in [2.45, 2.75) is 19.4 Å². The molecule has 2 aromatic rings. The Hall–Kier alpha value is -2.05. The van der Waals surface area contributed by atoms with Gasteiger partial charge in [0, 0.05) is 17.5 Å². The molecule has 5 nitrogen and oxygen atoms in total. The van der Waals surface area contributed by atoms with Crippen LogP contribution in [-0.2, 0) is 11.2 Å². The largest absolute Gasteiger partial charge is 0.486 e. The van der Waals surface area contributed by atoms with Gasteiger partial charge in [0.05, 0.1) is 6.54 Å². The van der Waals surface area contributed by atoms with Crippen molar-refractivity contribution in [2.75, 3.05) is 33.4 Å². The second-order valence-corrected chi connectivity index (χ2v) is 7.16. The molecule has 6 heteroatoms. The highest BCUT2D eigenvalue weighted by Gasteiger charge is 2.15. The summed E-state index contributed by atoms with van der Waals surface area (Å²) in [6.07, 6.45) is 0.770. The third-order valence-corrected chi connectivity index (χ3v) is 5.39. The first-order chi connectivity index (χ1) is 12.1. The molecule has 1 unspecified atom stereocenters. The van der Waals surface area contributed by atoms with Gasteiger partial charge in [-0.2, -0.15) is 0 Å². The Morgan fingerprint density at radius 2 is 2.08 bits per heavy atom. The van der Waals surface area contributed by atoms with E-state index in [0.29, 0.717) is 26.3 Å². The van der Waals surface area contributed by atoms with E-state index in [1.165, 1.54) is 4.88 Å². The summed E-state index contributed by atoms with van der Waals surface area (Å²) in [7, 11) is 1.98. The minimum absolute atomic E-state index is 0.0449. The summed E-state index contributed by atoms with van der Waals surface area (Å²) in [6, 6.07) is 10.3. The van der Waals surface area contributed by atoms with Crippen LogP contribution in [0.1, 0.15) is 23.4 Å². The Bertz CT molecular complexity index is 703. The molecule has 3 rings (SSSR count). The standard InChI is InChI=1S/C19H24N2O3S/c1-14(18-4-3-11-25-18)21(2)13-19(22)20-8-7-15-5-6-16-17(12-15)24-10-9-23-16/h3-6,11-12,14H,7-10,13H2,1-2H3,(H,20,22). The number of ether oxygens (including phenoxy) is 2. The maximum absolute atomic E-state index is 12.2. The number of hydrogen-bond acceptors (Lipinski definition) is 5. The fraction of sp³-hybridized carbons (Fsp3) is 0.421. The van der Waals surface area contributed by atoms with Crippen LogP contribution < -0.4 is 14.8 Å². The number of benzene rings is 1. The molecule has 1 aliphatic heterocycles. The Morgan fingerprint density at radius 1 is 1.28 bits per heavy atom. The molecule has 2 heterocycles. The van der Waals surface area contributed by atoms with Gasteiger partial charge < -0.3 is 14.8 Å². The van der Waals surface area contributed by atoms with Crippen molar-refractivity contribution in [1.82, 2.24) is 10.2 Å². The number of hydrogen-bond donors (Lipinski definition) is 1. The first kappa shape index (κ1) is 17.8. The summed E-state index contributed by atoms with van der Waals surface area (Å²) in [5.41, 5.74) is 1.13. The second kappa shape index (κ2) is 8.36. The number of rotatable bonds is 7. The summed E-state index contributed by atoms with van der Waals surface area (Å²) in [5.74, 6) is 1.63. The van der Waals surface area contributed by atoms with E-state index in [9.17, 15) is 4.79 Å². The number of carbonyl (C=O) groups excluding carboxylic acids is 1. The van der Waals surface area contributed by atoms with Crippen LogP contribution in [0.2, 0.25) is 0 Å². The van der Waals surface area contributed by atoms with Crippen molar-refractivity contribution in [1.29, 1.82) is 0 Å². The molecule has 0 spiro atoms. The zero-order valence-corrected chi connectivity index (χ0v) is 15.5. The van der Waals surface area contributed by atoms with Gasteiger partial charge in [0.2, 0.25) is 5.91 Å². The van der Waals surface area contributed by atoms with Gasteiger partial charge in [0.25, 0.3) is 0 Å². The van der Waals surface area contributed by atoms with Crippen LogP contribution in [-0.4, -0.2) is 44.2 Å². The number of nitrogens with one attached hydrogen (secondary N) is 1. The number of likely N-dealkylation sites (N-methyl/N-ethyl adjacent to an activating group) is 1. The molecule has 25 heavy (non-hydrogen) atoms. The molecule has 1 aromatic carbocycles. The smallest absolute Gasteiger partial charge is 0.234 e. The molecular weight excluding hydrogens is 336 g/mol. The Morgan fingerprint density at radius 3 is 2.84 bits per heavy atom. The van der Waals surface area contributed by atoms with E-state index in [-0.39, 0.29) is 11.9 Å². The number of carbonyl (C=O) groups is 1. The third kappa shape index (κ3) is 4.74. The lowest BCUT2D eigenvalue weighted by Crippen LogP contribution is -2.37. The van der Waals surface area contributed by atoms with Crippen LogP contribution in [0.5, 0.6) is 11.5 Å². The maximum Gasteiger partial charge on any atom is 0.234 e. The molecule has 1 aliphatic rings. The van der Waals surface area contributed by atoms with Crippen LogP contribution >= 0.6 is 11.3 Å². The summed E-state index contributed by atoms with van der Waals surface area (Å²) >= 11 is 1.72. The van der Waals surface area contributed by atoms with E-state index in [1.807, 2.05) is 31.3 Å². The van der Waals surface area contributed by atoms with Gasteiger partial charge in [-0.3, -0.25) is 9.69 Å².